The number of amides is 2. The minimum atomic E-state index is -0.432. The van der Waals surface area contributed by atoms with Gasteiger partial charge in [-0.1, -0.05) is 36.4 Å². The lowest BCUT2D eigenvalue weighted by atomic mass is 10.1. The first kappa shape index (κ1) is 20.9. The smallest absolute Gasteiger partial charge is 0.247 e. The molecule has 6 rings (SSSR count). The summed E-state index contributed by atoms with van der Waals surface area (Å²) in [5.74, 6) is 0.0709. The number of pyridine rings is 1. The Kier molecular flexibility index (Phi) is 5.07. The fourth-order valence-corrected chi connectivity index (χ4v) is 5.32. The van der Waals surface area contributed by atoms with Crippen LogP contribution in [0.25, 0.3) is 21.8 Å². The molecule has 4 heterocycles. The van der Waals surface area contributed by atoms with Crippen LogP contribution in [0.1, 0.15) is 11.3 Å². The molecule has 2 saturated heterocycles. The number of nitrogens with zero attached hydrogens (tertiary/aromatic N) is 5. The summed E-state index contributed by atoms with van der Waals surface area (Å²) in [5.41, 5.74) is 4.26. The molecule has 2 fully saturated rings. The van der Waals surface area contributed by atoms with Crippen LogP contribution in [-0.2, 0) is 29.7 Å². The van der Waals surface area contributed by atoms with Gasteiger partial charge in [0.05, 0.1) is 12.1 Å². The van der Waals surface area contributed by atoms with E-state index in [9.17, 15) is 9.59 Å². The molecule has 0 saturated carbocycles. The molecule has 172 valence electrons. The Morgan fingerprint density at radius 1 is 0.941 bits per heavy atom. The molecule has 4 aromatic rings. The first-order valence-corrected chi connectivity index (χ1v) is 11.7. The lowest BCUT2D eigenvalue weighted by Crippen LogP contribution is -2.66. The Morgan fingerprint density at radius 3 is 2.59 bits per heavy atom. The standard InChI is InChI=1S/C27H27N5O2/c1-29-22(13-21-7-3-5-9-24(21)29)16-31-18-26(33)32-11-10-30(17-25(32)27(31)34)15-19-12-20-6-2-4-8-23(20)28-14-19/h2-9,12-14,25H,10-11,15-18H2,1H3. The molecule has 1 atom stereocenters. The van der Waals surface area contributed by atoms with Crippen LogP contribution < -0.4 is 0 Å². The van der Waals surface area contributed by atoms with E-state index >= 15 is 0 Å². The van der Waals surface area contributed by atoms with Crippen molar-refractivity contribution in [3.8, 4) is 0 Å². The fourth-order valence-electron chi connectivity index (χ4n) is 5.32. The van der Waals surface area contributed by atoms with E-state index in [2.05, 4.69) is 44.8 Å². The van der Waals surface area contributed by atoms with Crippen molar-refractivity contribution in [2.45, 2.75) is 19.1 Å². The van der Waals surface area contributed by atoms with Gasteiger partial charge < -0.3 is 14.4 Å². The van der Waals surface area contributed by atoms with Gasteiger partial charge in [0.15, 0.2) is 0 Å². The molecule has 2 aromatic heterocycles. The second-order valence-electron chi connectivity index (χ2n) is 9.32. The lowest BCUT2D eigenvalue weighted by molar-refractivity contribution is -0.160. The van der Waals surface area contributed by atoms with E-state index in [0.29, 0.717) is 26.2 Å². The van der Waals surface area contributed by atoms with E-state index in [4.69, 9.17) is 0 Å². The molecule has 0 N–H and O–H groups in total. The third-order valence-electron chi connectivity index (χ3n) is 7.16. The van der Waals surface area contributed by atoms with Gasteiger partial charge in [0, 0.05) is 56.0 Å². The number of aryl methyl sites for hydroxylation is 1. The predicted octanol–water partition coefficient (Wildman–Crippen LogP) is 2.78. The van der Waals surface area contributed by atoms with Crippen LogP contribution in [-0.4, -0.2) is 68.3 Å². The van der Waals surface area contributed by atoms with Crippen molar-refractivity contribution in [1.82, 2.24) is 24.3 Å². The molecular weight excluding hydrogens is 426 g/mol. The summed E-state index contributed by atoms with van der Waals surface area (Å²) in [6.07, 6.45) is 1.91. The van der Waals surface area contributed by atoms with E-state index in [1.165, 1.54) is 0 Å². The normalized spacial score (nSPS) is 19.3. The molecule has 7 nitrogen and oxygen atoms in total. The number of hydrogen-bond acceptors (Lipinski definition) is 4. The zero-order valence-electron chi connectivity index (χ0n) is 19.2. The highest BCUT2D eigenvalue weighted by atomic mass is 16.2. The topological polar surface area (TPSA) is 61.7 Å². The minimum Gasteiger partial charge on any atom is -0.346 e. The van der Waals surface area contributed by atoms with Gasteiger partial charge in [-0.2, -0.15) is 0 Å². The average molecular weight is 454 g/mol. The molecule has 2 amide bonds. The summed E-state index contributed by atoms with van der Waals surface area (Å²) in [6, 6.07) is 20.1. The van der Waals surface area contributed by atoms with Gasteiger partial charge in [-0.3, -0.25) is 19.5 Å². The molecule has 0 aliphatic carbocycles. The third kappa shape index (κ3) is 3.62. The first-order chi connectivity index (χ1) is 16.6. The van der Waals surface area contributed by atoms with Crippen LogP contribution in [0, 0.1) is 0 Å². The summed E-state index contributed by atoms with van der Waals surface area (Å²) in [6.45, 7) is 3.18. The van der Waals surface area contributed by atoms with E-state index in [1.54, 1.807) is 9.80 Å². The van der Waals surface area contributed by atoms with E-state index in [0.717, 1.165) is 39.6 Å². The Morgan fingerprint density at radius 2 is 1.74 bits per heavy atom. The maximum atomic E-state index is 13.5. The van der Waals surface area contributed by atoms with Gasteiger partial charge in [-0.15, -0.1) is 0 Å². The van der Waals surface area contributed by atoms with Crippen molar-refractivity contribution in [2.24, 2.45) is 7.05 Å². The Labute approximate surface area is 198 Å². The maximum absolute atomic E-state index is 13.5. The number of aromatic nitrogens is 2. The summed E-state index contributed by atoms with van der Waals surface area (Å²) < 4.78 is 2.11. The quantitative estimate of drug-likeness (QED) is 0.477. The van der Waals surface area contributed by atoms with E-state index < -0.39 is 6.04 Å². The van der Waals surface area contributed by atoms with Crippen LogP contribution in [0.15, 0.2) is 66.9 Å². The van der Waals surface area contributed by atoms with Crippen LogP contribution in [0.2, 0.25) is 0 Å². The van der Waals surface area contributed by atoms with Crippen LogP contribution in [0.5, 0.6) is 0 Å². The first-order valence-electron chi connectivity index (χ1n) is 11.7. The van der Waals surface area contributed by atoms with Gasteiger partial charge in [0.2, 0.25) is 11.8 Å². The molecule has 0 radical (unpaired) electrons. The van der Waals surface area contributed by atoms with Gasteiger partial charge in [-0.05, 0) is 35.2 Å². The third-order valence-corrected chi connectivity index (χ3v) is 7.16. The Bertz CT molecular complexity index is 1410. The predicted molar refractivity (Wildman–Crippen MR) is 131 cm³/mol. The number of piperazine rings is 2. The lowest BCUT2D eigenvalue weighted by Gasteiger charge is -2.46. The summed E-state index contributed by atoms with van der Waals surface area (Å²) in [5, 5.41) is 2.26. The van der Waals surface area contributed by atoms with Gasteiger partial charge >= 0.3 is 0 Å². The van der Waals surface area contributed by atoms with Crippen molar-refractivity contribution in [1.29, 1.82) is 0 Å². The molecular formula is C27H27N5O2. The van der Waals surface area contributed by atoms with Crippen molar-refractivity contribution < 1.29 is 9.59 Å². The molecule has 34 heavy (non-hydrogen) atoms. The van der Waals surface area contributed by atoms with Gasteiger partial charge in [-0.25, -0.2) is 0 Å². The van der Waals surface area contributed by atoms with Crippen LogP contribution in [0.4, 0.5) is 0 Å². The number of fused-ring (bicyclic) bond motifs is 3. The molecule has 2 aliphatic heterocycles. The van der Waals surface area contributed by atoms with E-state index in [-0.39, 0.29) is 18.4 Å². The molecule has 1 unspecified atom stereocenters. The Balaban J connectivity index is 1.19. The van der Waals surface area contributed by atoms with Gasteiger partial charge in [0.1, 0.15) is 12.6 Å². The average Bonchev–Trinajstić information content (AvgIpc) is 3.17. The molecule has 0 spiro atoms. The maximum Gasteiger partial charge on any atom is 0.247 e. The fraction of sp³-hybridized carbons (Fsp3) is 0.296. The number of carbonyl (C=O) groups excluding carboxylic acids is 2. The molecule has 0 bridgehead atoms. The molecule has 2 aromatic carbocycles. The highest BCUT2D eigenvalue weighted by Gasteiger charge is 2.42. The molecule has 2 aliphatic rings. The number of hydrogen-bond donors (Lipinski definition) is 0. The monoisotopic (exact) mass is 453 g/mol. The van der Waals surface area contributed by atoms with Crippen LogP contribution in [0.3, 0.4) is 0 Å². The molecule has 7 heteroatoms. The zero-order chi connectivity index (χ0) is 23.2. The van der Waals surface area contributed by atoms with Crippen LogP contribution >= 0.6 is 0 Å². The number of para-hydroxylation sites is 2. The summed E-state index contributed by atoms with van der Waals surface area (Å²) >= 11 is 0. The van der Waals surface area contributed by atoms with Crippen molar-refractivity contribution in [3.05, 3.63) is 78.1 Å². The highest BCUT2D eigenvalue weighted by Crippen LogP contribution is 2.24. The Hall–Kier alpha value is -3.71. The van der Waals surface area contributed by atoms with Crippen molar-refractivity contribution in [3.63, 3.8) is 0 Å². The highest BCUT2D eigenvalue weighted by molar-refractivity contribution is 5.95. The number of benzene rings is 2. The van der Waals surface area contributed by atoms with Gasteiger partial charge in [0.25, 0.3) is 0 Å². The summed E-state index contributed by atoms with van der Waals surface area (Å²) in [7, 11) is 2.01. The minimum absolute atomic E-state index is 0.0335. The van der Waals surface area contributed by atoms with Crippen molar-refractivity contribution in [2.75, 3.05) is 26.2 Å². The zero-order valence-corrected chi connectivity index (χ0v) is 19.2. The second-order valence-corrected chi connectivity index (χ2v) is 9.32. The summed E-state index contributed by atoms with van der Waals surface area (Å²) in [4.78, 5) is 36.8. The number of carbonyl (C=O) groups is 2. The second kappa shape index (κ2) is 8.25. The van der Waals surface area contributed by atoms with E-state index in [1.807, 2.05) is 43.6 Å². The number of rotatable bonds is 4. The largest absolute Gasteiger partial charge is 0.346 e. The van der Waals surface area contributed by atoms with Crippen molar-refractivity contribution >= 4 is 33.6 Å². The SMILES string of the molecule is Cn1c(CN2CC(=O)N3CCN(Cc4cnc5ccccc5c4)CC3C2=O)cc2ccccc21.